The van der Waals surface area contributed by atoms with Crippen LogP contribution in [0, 0.1) is 0 Å². The minimum atomic E-state index is -3.49. The molecule has 1 aliphatic rings. The Bertz CT molecular complexity index is 727. The smallest absolute Gasteiger partial charge is 0.246 e. The summed E-state index contributed by atoms with van der Waals surface area (Å²) in [6.07, 6.45) is 4.81. The molecule has 1 aromatic carbocycles. The van der Waals surface area contributed by atoms with Gasteiger partial charge in [0.2, 0.25) is 10.0 Å². The van der Waals surface area contributed by atoms with Gasteiger partial charge in [0.1, 0.15) is 4.90 Å². The van der Waals surface area contributed by atoms with Gasteiger partial charge in [0.15, 0.2) is 0 Å². The lowest BCUT2D eigenvalue weighted by Gasteiger charge is -2.22. The molecular formula is C15H20N4O2S. The second kappa shape index (κ2) is 6.20. The van der Waals surface area contributed by atoms with Crippen molar-refractivity contribution in [2.45, 2.75) is 23.8 Å². The van der Waals surface area contributed by atoms with Crippen LogP contribution in [0.2, 0.25) is 0 Å². The Hall–Kier alpha value is -1.70. The normalized spacial score (nSPS) is 19.6. The van der Waals surface area contributed by atoms with E-state index < -0.39 is 10.0 Å². The molecule has 22 heavy (non-hydrogen) atoms. The fraction of sp³-hybridized carbons (Fsp3) is 0.400. The second-order valence-corrected chi connectivity index (χ2v) is 7.32. The predicted molar refractivity (Wildman–Crippen MR) is 84.4 cm³/mol. The molecule has 1 N–H and O–H groups in total. The van der Waals surface area contributed by atoms with E-state index in [0.29, 0.717) is 13.1 Å². The van der Waals surface area contributed by atoms with Gasteiger partial charge in [-0.15, -0.1) is 0 Å². The Morgan fingerprint density at radius 1 is 1.32 bits per heavy atom. The van der Waals surface area contributed by atoms with Crippen molar-refractivity contribution in [3.05, 3.63) is 42.7 Å². The van der Waals surface area contributed by atoms with Gasteiger partial charge in [-0.25, -0.2) is 13.1 Å². The predicted octanol–water partition coefficient (Wildman–Crippen LogP) is 1.24. The summed E-state index contributed by atoms with van der Waals surface area (Å²) in [6, 6.07) is 9.52. The first-order valence-electron chi connectivity index (χ1n) is 7.39. The van der Waals surface area contributed by atoms with Crippen molar-refractivity contribution in [3.8, 4) is 5.69 Å². The summed E-state index contributed by atoms with van der Waals surface area (Å²) in [5.41, 5.74) is 0.845. The molecular weight excluding hydrogens is 300 g/mol. The highest BCUT2D eigenvalue weighted by Gasteiger charge is 2.35. The average molecular weight is 320 g/mol. The molecule has 2 heterocycles. The second-order valence-electron chi connectivity index (χ2n) is 5.43. The summed E-state index contributed by atoms with van der Waals surface area (Å²) in [4.78, 5) is 0.249. The van der Waals surface area contributed by atoms with Gasteiger partial charge in [-0.1, -0.05) is 18.2 Å². The Morgan fingerprint density at radius 2 is 2.09 bits per heavy atom. The van der Waals surface area contributed by atoms with E-state index in [4.69, 9.17) is 0 Å². The van der Waals surface area contributed by atoms with E-state index in [1.165, 1.54) is 6.20 Å². The fourth-order valence-corrected chi connectivity index (χ4v) is 4.49. The third-order valence-corrected chi connectivity index (χ3v) is 5.85. The minimum absolute atomic E-state index is 0.0232. The van der Waals surface area contributed by atoms with E-state index >= 15 is 0 Å². The number of likely N-dealkylation sites (N-methyl/N-ethyl adjacent to an activating group) is 1. The molecule has 7 heteroatoms. The number of nitrogens with zero attached hydrogens (tertiary/aromatic N) is 3. The van der Waals surface area contributed by atoms with Gasteiger partial charge >= 0.3 is 0 Å². The SMILES string of the molecule is CNCC1CCCN1S(=O)(=O)c1cnn(-c2ccccc2)c1. The topological polar surface area (TPSA) is 67.2 Å². The molecule has 1 saturated heterocycles. The fourth-order valence-electron chi connectivity index (χ4n) is 2.86. The molecule has 3 rings (SSSR count). The standard InChI is InChI=1S/C15H20N4O2S/c1-16-10-14-8-5-9-19(14)22(20,21)15-11-17-18(12-15)13-6-3-2-4-7-13/h2-4,6-7,11-12,14,16H,5,8-10H2,1H3. The number of hydrogen-bond acceptors (Lipinski definition) is 4. The van der Waals surface area contributed by atoms with Gasteiger partial charge < -0.3 is 5.32 Å². The van der Waals surface area contributed by atoms with Crippen LogP contribution >= 0.6 is 0 Å². The summed E-state index contributed by atoms with van der Waals surface area (Å²) >= 11 is 0. The molecule has 1 atom stereocenters. The number of para-hydroxylation sites is 1. The zero-order valence-electron chi connectivity index (χ0n) is 12.5. The number of sulfonamides is 1. The van der Waals surface area contributed by atoms with Gasteiger partial charge in [-0.3, -0.25) is 0 Å². The Balaban J connectivity index is 1.89. The van der Waals surface area contributed by atoms with Crippen molar-refractivity contribution in [3.63, 3.8) is 0 Å². The lowest BCUT2D eigenvalue weighted by atomic mass is 10.2. The largest absolute Gasteiger partial charge is 0.318 e. The molecule has 1 aromatic heterocycles. The van der Waals surface area contributed by atoms with Crippen LogP contribution in [0.25, 0.3) is 5.69 Å². The van der Waals surface area contributed by atoms with Gasteiger partial charge in [-0.2, -0.15) is 9.40 Å². The maximum absolute atomic E-state index is 12.8. The lowest BCUT2D eigenvalue weighted by Crippen LogP contribution is -2.40. The molecule has 0 aliphatic carbocycles. The summed E-state index contributed by atoms with van der Waals surface area (Å²) in [6.45, 7) is 1.25. The van der Waals surface area contributed by atoms with E-state index in [0.717, 1.165) is 18.5 Å². The molecule has 2 aromatic rings. The zero-order valence-corrected chi connectivity index (χ0v) is 13.3. The van der Waals surface area contributed by atoms with Crippen molar-refractivity contribution in [1.29, 1.82) is 0 Å². The molecule has 1 aliphatic heterocycles. The van der Waals surface area contributed by atoms with Crippen molar-refractivity contribution in [2.24, 2.45) is 0 Å². The van der Waals surface area contributed by atoms with Gasteiger partial charge in [0.25, 0.3) is 0 Å². The third kappa shape index (κ3) is 2.79. The van der Waals surface area contributed by atoms with Crippen LogP contribution in [0.4, 0.5) is 0 Å². The van der Waals surface area contributed by atoms with Gasteiger partial charge in [-0.05, 0) is 32.0 Å². The monoisotopic (exact) mass is 320 g/mol. The van der Waals surface area contributed by atoms with Crippen LogP contribution in [0.3, 0.4) is 0 Å². The van der Waals surface area contributed by atoms with E-state index in [1.807, 2.05) is 37.4 Å². The van der Waals surface area contributed by atoms with Crippen molar-refractivity contribution < 1.29 is 8.42 Å². The van der Waals surface area contributed by atoms with E-state index in [-0.39, 0.29) is 10.9 Å². The van der Waals surface area contributed by atoms with Crippen LogP contribution in [-0.4, -0.2) is 48.7 Å². The highest BCUT2D eigenvalue weighted by Crippen LogP contribution is 2.25. The number of rotatable bonds is 5. The van der Waals surface area contributed by atoms with Crippen molar-refractivity contribution in [2.75, 3.05) is 20.1 Å². The Morgan fingerprint density at radius 3 is 2.82 bits per heavy atom. The van der Waals surface area contributed by atoms with Crippen LogP contribution in [0.15, 0.2) is 47.6 Å². The molecule has 0 saturated carbocycles. The van der Waals surface area contributed by atoms with Gasteiger partial charge in [0, 0.05) is 19.1 Å². The summed E-state index contributed by atoms with van der Waals surface area (Å²) in [5.74, 6) is 0. The summed E-state index contributed by atoms with van der Waals surface area (Å²) in [5, 5.41) is 7.26. The van der Waals surface area contributed by atoms with E-state index in [1.54, 1.807) is 15.2 Å². The highest BCUT2D eigenvalue weighted by atomic mass is 32.2. The Kier molecular flexibility index (Phi) is 4.28. The third-order valence-electron chi connectivity index (χ3n) is 3.95. The summed E-state index contributed by atoms with van der Waals surface area (Å²) < 4.78 is 28.8. The van der Waals surface area contributed by atoms with Crippen molar-refractivity contribution in [1.82, 2.24) is 19.4 Å². The van der Waals surface area contributed by atoms with Crippen LogP contribution in [-0.2, 0) is 10.0 Å². The molecule has 118 valence electrons. The maximum Gasteiger partial charge on any atom is 0.246 e. The average Bonchev–Trinajstić information content (AvgIpc) is 3.18. The molecule has 0 amide bonds. The molecule has 0 radical (unpaired) electrons. The van der Waals surface area contributed by atoms with Crippen LogP contribution < -0.4 is 5.32 Å². The first kappa shape index (κ1) is 15.2. The minimum Gasteiger partial charge on any atom is -0.318 e. The number of hydrogen-bond donors (Lipinski definition) is 1. The summed E-state index contributed by atoms with van der Waals surface area (Å²) in [7, 11) is -1.64. The molecule has 0 spiro atoms. The molecule has 1 fully saturated rings. The first-order chi connectivity index (χ1) is 10.6. The quantitative estimate of drug-likeness (QED) is 0.900. The first-order valence-corrected chi connectivity index (χ1v) is 8.83. The van der Waals surface area contributed by atoms with E-state index in [9.17, 15) is 8.42 Å². The molecule has 1 unspecified atom stereocenters. The highest BCUT2D eigenvalue weighted by molar-refractivity contribution is 7.89. The number of benzene rings is 1. The molecule has 0 bridgehead atoms. The number of aromatic nitrogens is 2. The molecule has 6 nitrogen and oxygen atoms in total. The lowest BCUT2D eigenvalue weighted by molar-refractivity contribution is 0.379. The van der Waals surface area contributed by atoms with Gasteiger partial charge in [0.05, 0.1) is 18.1 Å². The van der Waals surface area contributed by atoms with Crippen LogP contribution in [0.1, 0.15) is 12.8 Å². The van der Waals surface area contributed by atoms with Crippen molar-refractivity contribution >= 4 is 10.0 Å². The maximum atomic E-state index is 12.8. The Labute approximate surface area is 130 Å². The van der Waals surface area contributed by atoms with Crippen LogP contribution in [0.5, 0.6) is 0 Å². The van der Waals surface area contributed by atoms with E-state index in [2.05, 4.69) is 10.4 Å². The number of nitrogens with one attached hydrogen (secondary N) is 1. The zero-order chi connectivity index (χ0) is 15.6.